The highest BCUT2D eigenvalue weighted by Crippen LogP contribution is 2.30. The maximum Gasteiger partial charge on any atom is 0.356 e. The Morgan fingerprint density at radius 1 is 1.32 bits per heavy atom. The third kappa shape index (κ3) is 3.00. The van der Waals surface area contributed by atoms with Gasteiger partial charge in [-0.2, -0.15) is 9.40 Å². The number of carboxylic acid groups (broad SMARTS) is 1. The van der Waals surface area contributed by atoms with E-state index in [1.54, 1.807) is 38.2 Å². The zero-order chi connectivity index (χ0) is 20.1. The van der Waals surface area contributed by atoms with Crippen LogP contribution in [0.5, 0.6) is 0 Å². The molecule has 0 atom stereocenters. The summed E-state index contributed by atoms with van der Waals surface area (Å²) in [4.78, 5) is 15.6. The lowest BCUT2D eigenvalue weighted by Gasteiger charge is -2.27. The maximum atomic E-state index is 13.3. The van der Waals surface area contributed by atoms with Gasteiger partial charge >= 0.3 is 5.97 Å². The van der Waals surface area contributed by atoms with Gasteiger partial charge in [0, 0.05) is 43.3 Å². The van der Waals surface area contributed by atoms with E-state index < -0.39 is 16.0 Å². The third-order valence-electron chi connectivity index (χ3n) is 4.81. The molecule has 0 spiro atoms. The van der Waals surface area contributed by atoms with Crippen LogP contribution >= 0.6 is 0 Å². The average Bonchev–Trinajstić information content (AvgIpc) is 3.27. The first-order chi connectivity index (χ1) is 13.3. The highest BCUT2D eigenvalue weighted by molar-refractivity contribution is 7.89. The Labute approximate surface area is 161 Å². The predicted molar refractivity (Wildman–Crippen MR) is 98.3 cm³/mol. The van der Waals surface area contributed by atoms with E-state index in [0.717, 1.165) is 0 Å². The summed E-state index contributed by atoms with van der Waals surface area (Å²) in [5.74, 6) is -0.210. The van der Waals surface area contributed by atoms with E-state index in [0.29, 0.717) is 40.5 Å². The number of fused-ring (bicyclic) bond motifs is 1. The standard InChI is InChI=1S/C18H18N4O5S/c1-10-3-4-12(15-8-19-11(2)27-15)7-16(10)28(25,26)22-6-5-14-13(9-22)17(18(23)24)21-20-14/h3-4,7-8H,5-6,9H2,1-2H3,(H,20,21)(H,23,24). The molecule has 0 aliphatic carbocycles. The second kappa shape index (κ2) is 6.57. The van der Waals surface area contributed by atoms with Gasteiger partial charge in [0.05, 0.1) is 11.1 Å². The largest absolute Gasteiger partial charge is 0.476 e. The van der Waals surface area contributed by atoms with Crippen LogP contribution in [0.4, 0.5) is 0 Å². The van der Waals surface area contributed by atoms with Crippen LogP contribution in [0.15, 0.2) is 33.7 Å². The van der Waals surface area contributed by atoms with E-state index in [4.69, 9.17) is 4.42 Å². The van der Waals surface area contributed by atoms with Crippen LogP contribution in [0.1, 0.15) is 33.2 Å². The number of hydrogen-bond donors (Lipinski definition) is 2. The molecule has 28 heavy (non-hydrogen) atoms. The fraction of sp³-hybridized carbons (Fsp3) is 0.278. The number of aromatic amines is 1. The Morgan fingerprint density at radius 2 is 2.11 bits per heavy atom. The summed E-state index contributed by atoms with van der Waals surface area (Å²) in [6, 6.07) is 5.06. The first-order valence-electron chi connectivity index (χ1n) is 8.60. The minimum absolute atomic E-state index is 0.0408. The number of hydrogen-bond acceptors (Lipinski definition) is 6. The van der Waals surface area contributed by atoms with E-state index in [9.17, 15) is 18.3 Å². The Hall–Kier alpha value is -2.98. The van der Waals surface area contributed by atoms with Crippen molar-refractivity contribution < 1.29 is 22.7 Å². The molecule has 3 aromatic rings. The van der Waals surface area contributed by atoms with Gasteiger partial charge in [0.2, 0.25) is 10.0 Å². The number of carboxylic acids is 1. The molecule has 0 unspecified atom stereocenters. The summed E-state index contributed by atoms with van der Waals surface area (Å²) in [5, 5.41) is 15.8. The number of nitrogens with one attached hydrogen (secondary N) is 1. The van der Waals surface area contributed by atoms with E-state index in [2.05, 4.69) is 15.2 Å². The zero-order valence-electron chi connectivity index (χ0n) is 15.3. The Morgan fingerprint density at radius 3 is 2.79 bits per heavy atom. The van der Waals surface area contributed by atoms with Crippen LogP contribution in [0.3, 0.4) is 0 Å². The lowest BCUT2D eigenvalue weighted by atomic mass is 10.1. The maximum absolute atomic E-state index is 13.3. The van der Waals surface area contributed by atoms with Crippen molar-refractivity contribution in [3.63, 3.8) is 0 Å². The molecule has 2 aromatic heterocycles. The fourth-order valence-corrected chi connectivity index (χ4v) is 4.98. The number of sulfonamides is 1. The predicted octanol–water partition coefficient (Wildman–Crippen LogP) is 2.13. The molecule has 0 bridgehead atoms. The molecule has 10 heteroatoms. The first kappa shape index (κ1) is 18.4. The smallest absolute Gasteiger partial charge is 0.356 e. The lowest BCUT2D eigenvalue weighted by molar-refractivity contribution is 0.0688. The summed E-state index contributed by atoms with van der Waals surface area (Å²) in [5.41, 5.74) is 2.12. The van der Waals surface area contributed by atoms with Gasteiger partial charge in [0.1, 0.15) is 0 Å². The van der Waals surface area contributed by atoms with Gasteiger partial charge in [-0.1, -0.05) is 12.1 Å². The highest BCUT2D eigenvalue weighted by Gasteiger charge is 2.33. The van der Waals surface area contributed by atoms with Crippen LogP contribution in [0.25, 0.3) is 11.3 Å². The van der Waals surface area contributed by atoms with Crippen molar-refractivity contribution in [3.05, 3.63) is 52.8 Å². The van der Waals surface area contributed by atoms with E-state index >= 15 is 0 Å². The monoisotopic (exact) mass is 402 g/mol. The van der Waals surface area contributed by atoms with Gasteiger partial charge in [-0.15, -0.1) is 0 Å². The van der Waals surface area contributed by atoms with Crippen LogP contribution in [0, 0.1) is 13.8 Å². The second-order valence-corrected chi connectivity index (χ2v) is 8.55. The van der Waals surface area contributed by atoms with Gasteiger partial charge in [-0.25, -0.2) is 18.2 Å². The molecule has 1 aliphatic rings. The third-order valence-corrected chi connectivity index (χ3v) is 6.80. The van der Waals surface area contributed by atoms with Crippen LogP contribution in [0.2, 0.25) is 0 Å². The molecule has 1 aliphatic heterocycles. The topological polar surface area (TPSA) is 129 Å². The van der Waals surface area contributed by atoms with Crippen LogP contribution in [-0.4, -0.2) is 45.5 Å². The number of aryl methyl sites for hydroxylation is 2. The molecule has 0 fully saturated rings. The molecule has 0 radical (unpaired) electrons. The SMILES string of the molecule is Cc1ncc(-c2ccc(C)c(S(=O)(=O)N3CCc4[nH]nc(C(=O)O)c4C3)c2)o1. The molecule has 4 rings (SSSR count). The minimum atomic E-state index is -3.84. The lowest BCUT2D eigenvalue weighted by Crippen LogP contribution is -2.36. The molecule has 0 amide bonds. The first-order valence-corrected chi connectivity index (χ1v) is 10.0. The number of benzene rings is 1. The van der Waals surface area contributed by atoms with E-state index in [1.807, 2.05) is 0 Å². The van der Waals surface area contributed by atoms with E-state index in [1.165, 1.54) is 4.31 Å². The van der Waals surface area contributed by atoms with Crippen molar-refractivity contribution in [1.29, 1.82) is 0 Å². The zero-order valence-corrected chi connectivity index (χ0v) is 16.1. The van der Waals surface area contributed by atoms with E-state index in [-0.39, 0.29) is 23.7 Å². The van der Waals surface area contributed by atoms with Crippen molar-refractivity contribution in [3.8, 4) is 11.3 Å². The normalized spacial score (nSPS) is 14.8. The highest BCUT2D eigenvalue weighted by atomic mass is 32.2. The Balaban J connectivity index is 1.73. The fourth-order valence-electron chi connectivity index (χ4n) is 3.32. The number of aromatic nitrogens is 3. The van der Waals surface area contributed by atoms with Crippen molar-refractivity contribution >= 4 is 16.0 Å². The molecular formula is C18H18N4O5S. The number of nitrogens with zero attached hydrogens (tertiary/aromatic N) is 3. The minimum Gasteiger partial charge on any atom is -0.476 e. The number of aromatic carboxylic acids is 1. The molecule has 2 N–H and O–H groups in total. The quantitative estimate of drug-likeness (QED) is 0.684. The second-order valence-electron chi connectivity index (χ2n) is 6.65. The van der Waals surface area contributed by atoms with Crippen molar-refractivity contribution in [2.75, 3.05) is 6.54 Å². The summed E-state index contributed by atoms with van der Waals surface area (Å²) >= 11 is 0. The van der Waals surface area contributed by atoms with Crippen molar-refractivity contribution in [1.82, 2.24) is 19.5 Å². The number of carbonyl (C=O) groups is 1. The van der Waals surface area contributed by atoms with Gasteiger partial charge in [-0.05, 0) is 18.6 Å². The summed E-state index contributed by atoms with van der Waals surface area (Å²) < 4.78 is 33.4. The van der Waals surface area contributed by atoms with Gasteiger partial charge in [0.25, 0.3) is 0 Å². The average molecular weight is 402 g/mol. The molecule has 0 saturated heterocycles. The molecule has 0 saturated carbocycles. The molecule has 1 aromatic carbocycles. The number of rotatable bonds is 4. The molecule has 146 valence electrons. The summed E-state index contributed by atoms with van der Waals surface area (Å²) in [6.45, 7) is 3.63. The molecule has 9 nitrogen and oxygen atoms in total. The Kier molecular flexibility index (Phi) is 4.31. The molecule has 3 heterocycles. The number of H-pyrrole nitrogens is 1. The van der Waals surface area contributed by atoms with Crippen molar-refractivity contribution in [2.45, 2.75) is 31.7 Å². The summed E-state index contributed by atoms with van der Waals surface area (Å²) in [6.07, 6.45) is 1.92. The molecular weight excluding hydrogens is 384 g/mol. The summed E-state index contributed by atoms with van der Waals surface area (Å²) in [7, 11) is -3.84. The number of oxazole rings is 1. The van der Waals surface area contributed by atoms with Gasteiger partial charge in [-0.3, -0.25) is 5.10 Å². The Bertz CT molecular complexity index is 1180. The van der Waals surface area contributed by atoms with Crippen LogP contribution < -0.4 is 0 Å². The van der Waals surface area contributed by atoms with Gasteiger partial charge < -0.3 is 9.52 Å². The van der Waals surface area contributed by atoms with Crippen molar-refractivity contribution in [2.24, 2.45) is 0 Å². The van der Waals surface area contributed by atoms with Gasteiger partial charge in [0.15, 0.2) is 17.3 Å². The van der Waals surface area contributed by atoms with Crippen LogP contribution in [-0.2, 0) is 23.0 Å².